The van der Waals surface area contributed by atoms with E-state index in [4.69, 9.17) is 4.74 Å². The van der Waals surface area contributed by atoms with Crippen LogP contribution in [0.3, 0.4) is 0 Å². The number of rotatable bonds is 4. The van der Waals surface area contributed by atoms with Crippen molar-refractivity contribution in [2.24, 2.45) is 0 Å². The average Bonchev–Trinajstić information content (AvgIpc) is 2.38. The Balaban J connectivity index is 2.46. The molecule has 5 nitrogen and oxygen atoms in total. The van der Waals surface area contributed by atoms with Gasteiger partial charge in [0, 0.05) is 13.0 Å². The first-order chi connectivity index (χ1) is 9.58. The van der Waals surface area contributed by atoms with Crippen molar-refractivity contribution in [2.75, 3.05) is 18.6 Å². The Hall–Kier alpha value is -2.04. The lowest BCUT2D eigenvalue weighted by Crippen LogP contribution is -2.50. The molecular weight excluding hydrogens is 256 g/mol. The summed E-state index contributed by atoms with van der Waals surface area (Å²) in [6, 6.07) is 3.34. The third-order valence-corrected chi connectivity index (χ3v) is 3.39. The normalized spacial score (nSPS) is 15.2. The molecule has 5 heteroatoms. The van der Waals surface area contributed by atoms with Gasteiger partial charge < -0.3 is 10.1 Å². The van der Waals surface area contributed by atoms with Gasteiger partial charge in [-0.2, -0.15) is 0 Å². The number of hydrogen-bond acceptors (Lipinski definition) is 3. The van der Waals surface area contributed by atoms with Crippen molar-refractivity contribution in [3.8, 4) is 5.75 Å². The molecule has 0 unspecified atom stereocenters. The summed E-state index contributed by atoms with van der Waals surface area (Å²) < 4.78 is 5.42. The Labute approximate surface area is 118 Å². The van der Waals surface area contributed by atoms with E-state index in [1.165, 1.54) is 4.90 Å². The van der Waals surface area contributed by atoms with E-state index in [0.29, 0.717) is 18.7 Å². The van der Waals surface area contributed by atoms with Gasteiger partial charge >= 0.3 is 6.03 Å². The number of carbonyl (C=O) groups excluding carboxylic acids is 2. The van der Waals surface area contributed by atoms with Crippen molar-refractivity contribution in [3.05, 3.63) is 23.3 Å². The summed E-state index contributed by atoms with van der Waals surface area (Å²) >= 11 is 0. The molecule has 108 valence electrons. The number of nitrogens with zero attached hydrogens (tertiary/aromatic N) is 1. The number of urea groups is 1. The highest BCUT2D eigenvalue weighted by Gasteiger charge is 2.28. The second-order valence-corrected chi connectivity index (χ2v) is 4.92. The fourth-order valence-corrected chi connectivity index (χ4v) is 2.54. The first kappa shape index (κ1) is 14.4. The zero-order valence-electron chi connectivity index (χ0n) is 12.2. The van der Waals surface area contributed by atoms with Crippen molar-refractivity contribution in [3.63, 3.8) is 0 Å². The number of amides is 3. The van der Waals surface area contributed by atoms with Crippen LogP contribution in [0.4, 0.5) is 10.5 Å². The quantitative estimate of drug-likeness (QED) is 0.918. The van der Waals surface area contributed by atoms with Crippen LogP contribution >= 0.6 is 0 Å². The summed E-state index contributed by atoms with van der Waals surface area (Å²) in [5, 5.41) is 2.70. The van der Waals surface area contributed by atoms with Crippen molar-refractivity contribution in [2.45, 2.75) is 33.1 Å². The van der Waals surface area contributed by atoms with Gasteiger partial charge in [0.05, 0.1) is 12.8 Å². The van der Waals surface area contributed by atoms with E-state index >= 15 is 0 Å². The summed E-state index contributed by atoms with van der Waals surface area (Å²) in [5.74, 6) is 0.668. The lowest BCUT2D eigenvalue weighted by atomic mass is 10.0. The fraction of sp³-hybridized carbons (Fsp3) is 0.467. The zero-order chi connectivity index (χ0) is 14.7. The van der Waals surface area contributed by atoms with Crippen molar-refractivity contribution < 1.29 is 14.3 Å². The number of ether oxygens (including phenoxy) is 1. The number of anilines is 1. The number of imide groups is 1. The molecule has 0 aromatic heterocycles. The van der Waals surface area contributed by atoms with Gasteiger partial charge in [0.1, 0.15) is 5.75 Å². The fourth-order valence-electron chi connectivity index (χ4n) is 2.54. The molecule has 1 aliphatic heterocycles. The molecule has 20 heavy (non-hydrogen) atoms. The predicted octanol–water partition coefficient (Wildman–Crippen LogP) is 2.40. The molecule has 0 spiro atoms. The van der Waals surface area contributed by atoms with E-state index in [1.807, 2.05) is 19.1 Å². The molecule has 0 saturated carbocycles. The highest BCUT2D eigenvalue weighted by molar-refractivity contribution is 6.15. The Kier molecular flexibility index (Phi) is 4.27. The van der Waals surface area contributed by atoms with Gasteiger partial charge in [-0.3, -0.25) is 4.79 Å². The first-order valence-electron chi connectivity index (χ1n) is 6.86. The van der Waals surface area contributed by atoms with Crippen LogP contribution in [0.1, 0.15) is 30.9 Å². The van der Waals surface area contributed by atoms with Crippen LogP contribution in [-0.4, -0.2) is 25.6 Å². The maximum Gasteiger partial charge on any atom is 0.328 e. The van der Waals surface area contributed by atoms with Crippen LogP contribution < -0.4 is 15.0 Å². The van der Waals surface area contributed by atoms with Crippen LogP contribution in [0, 0.1) is 6.92 Å². The van der Waals surface area contributed by atoms with Gasteiger partial charge in [-0.25, -0.2) is 9.69 Å². The van der Waals surface area contributed by atoms with E-state index < -0.39 is 0 Å². The number of carbonyl (C=O) groups is 2. The molecule has 1 aromatic carbocycles. The lowest BCUT2D eigenvalue weighted by molar-refractivity contribution is -0.118. The van der Waals surface area contributed by atoms with Crippen molar-refractivity contribution in [1.82, 2.24) is 5.32 Å². The number of hydrogen-bond donors (Lipinski definition) is 1. The minimum atomic E-state index is -0.353. The molecule has 1 saturated heterocycles. The Morgan fingerprint density at radius 2 is 2.10 bits per heavy atom. The number of aryl methyl sites for hydroxylation is 2. The molecule has 0 bridgehead atoms. The van der Waals surface area contributed by atoms with E-state index in [9.17, 15) is 9.59 Å². The Morgan fingerprint density at radius 3 is 2.70 bits per heavy atom. The molecule has 0 aliphatic carbocycles. The molecule has 1 N–H and O–H groups in total. The molecule has 1 fully saturated rings. The summed E-state index contributed by atoms with van der Waals surface area (Å²) in [4.78, 5) is 25.1. The van der Waals surface area contributed by atoms with Gasteiger partial charge in [-0.1, -0.05) is 13.3 Å². The number of methoxy groups -OCH3 is 1. The highest BCUT2D eigenvalue weighted by atomic mass is 16.5. The smallest absolute Gasteiger partial charge is 0.328 e. The third-order valence-electron chi connectivity index (χ3n) is 3.39. The Bertz CT molecular complexity index is 524. The van der Waals surface area contributed by atoms with E-state index in [0.717, 1.165) is 29.7 Å². The minimum absolute atomic E-state index is 0.166. The van der Waals surface area contributed by atoms with Crippen LogP contribution in [0.25, 0.3) is 0 Å². The van der Waals surface area contributed by atoms with Crippen LogP contribution in [0.5, 0.6) is 5.75 Å². The largest absolute Gasteiger partial charge is 0.496 e. The van der Waals surface area contributed by atoms with Gasteiger partial charge in [0.25, 0.3) is 0 Å². The second kappa shape index (κ2) is 5.94. The van der Waals surface area contributed by atoms with Crippen LogP contribution in [-0.2, 0) is 11.2 Å². The highest BCUT2D eigenvalue weighted by Crippen LogP contribution is 2.31. The maximum absolute atomic E-state index is 12.0. The lowest BCUT2D eigenvalue weighted by Gasteiger charge is -2.27. The molecule has 1 heterocycles. The SMILES string of the molecule is CCCc1cc(N2C(=O)CCNC2=O)cc(C)c1OC. The molecule has 0 atom stereocenters. The summed E-state index contributed by atoms with van der Waals surface area (Å²) in [6.07, 6.45) is 2.15. The number of nitrogens with one attached hydrogen (secondary N) is 1. The molecular formula is C15H20N2O3. The first-order valence-corrected chi connectivity index (χ1v) is 6.86. The van der Waals surface area contributed by atoms with E-state index in [1.54, 1.807) is 7.11 Å². The minimum Gasteiger partial charge on any atom is -0.496 e. The molecule has 2 rings (SSSR count). The molecule has 3 amide bonds. The standard InChI is InChI=1S/C15H20N2O3/c1-4-5-11-9-12(8-10(2)14(11)20-3)17-13(18)6-7-16-15(17)19/h8-9H,4-7H2,1-3H3,(H,16,19). The van der Waals surface area contributed by atoms with Crippen LogP contribution in [0.15, 0.2) is 12.1 Å². The summed E-state index contributed by atoms with van der Waals surface area (Å²) in [5.41, 5.74) is 2.57. The maximum atomic E-state index is 12.0. The average molecular weight is 276 g/mol. The monoisotopic (exact) mass is 276 g/mol. The Morgan fingerprint density at radius 1 is 1.35 bits per heavy atom. The van der Waals surface area contributed by atoms with Crippen molar-refractivity contribution >= 4 is 17.6 Å². The molecule has 0 radical (unpaired) electrons. The van der Waals surface area contributed by atoms with Gasteiger partial charge in [-0.15, -0.1) is 0 Å². The van der Waals surface area contributed by atoms with Crippen molar-refractivity contribution in [1.29, 1.82) is 0 Å². The van der Waals surface area contributed by atoms with Gasteiger partial charge in [0.2, 0.25) is 5.91 Å². The molecule has 1 aliphatic rings. The summed E-state index contributed by atoms with van der Waals surface area (Å²) in [6.45, 7) is 4.42. The van der Waals surface area contributed by atoms with E-state index in [2.05, 4.69) is 12.2 Å². The summed E-state index contributed by atoms with van der Waals surface area (Å²) in [7, 11) is 1.64. The zero-order valence-corrected chi connectivity index (χ0v) is 12.2. The topological polar surface area (TPSA) is 58.6 Å². The second-order valence-electron chi connectivity index (χ2n) is 4.92. The van der Waals surface area contributed by atoms with E-state index in [-0.39, 0.29) is 11.9 Å². The van der Waals surface area contributed by atoms with Gasteiger partial charge in [-0.05, 0) is 36.6 Å². The molecule has 1 aromatic rings. The van der Waals surface area contributed by atoms with Crippen LogP contribution in [0.2, 0.25) is 0 Å². The van der Waals surface area contributed by atoms with Gasteiger partial charge in [0.15, 0.2) is 0 Å². The predicted molar refractivity (Wildman–Crippen MR) is 77.2 cm³/mol. The number of benzene rings is 1. The third kappa shape index (κ3) is 2.61.